The quantitative estimate of drug-likeness (QED) is 0.341. The first-order chi connectivity index (χ1) is 14.0. The van der Waals surface area contributed by atoms with Crippen molar-refractivity contribution in [3.8, 4) is 0 Å². The van der Waals surface area contributed by atoms with Crippen LogP contribution in [-0.2, 0) is 25.8 Å². The normalized spacial score (nSPS) is 12.3. The summed E-state index contributed by atoms with van der Waals surface area (Å²) in [5.41, 5.74) is 5.75. The Morgan fingerprint density at radius 2 is 1.23 bits per heavy atom. The van der Waals surface area contributed by atoms with E-state index in [0.29, 0.717) is 7.92 Å². The summed E-state index contributed by atoms with van der Waals surface area (Å²) in [4.78, 5) is 7.25. The average molecular weight is 598 g/mol. The van der Waals surface area contributed by atoms with Gasteiger partial charge in [-0.25, -0.2) is 15.3 Å². The average Bonchev–Trinajstić information content (AvgIpc) is 3.47. The third kappa shape index (κ3) is 10.1. The van der Waals surface area contributed by atoms with Gasteiger partial charge in [-0.2, -0.15) is 0 Å². The first-order valence-electron chi connectivity index (χ1n) is 8.77. The summed E-state index contributed by atoms with van der Waals surface area (Å²) < 4.78 is 10.5. The number of ether oxygens (including phenoxy) is 1. The zero-order valence-electron chi connectivity index (χ0n) is 17.7. The van der Waals surface area contributed by atoms with Crippen LogP contribution in [0.15, 0.2) is 67.2 Å². The van der Waals surface area contributed by atoms with Gasteiger partial charge in [0.15, 0.2) is 6.10 Å². The first-order valence-corrected chi connectivity index (χ1v) is 11.5. The van der Waals surface area contributed by atoms with E-state index in [0.717, 1.165) is 11.9 Å². The number of rotatable bonds is 3. The van der Waals surface area contributed by atoms with Crippen LogP contribution in [0, 0.1) is 17.4 Å². The van der Waals surface area contributed by atoms with Crippen LogP contribution in [-0.4, -0.2) is 56.2 Å². The second-order valence-electron chi connectivity index (χ2n) is 6.30. The Morgan fingerprint density at radius 3 is 1.40 bits per heavy atom. The Kier molecular flexibility index (Phi) is 14.7. The van der Waals surface area contributed by atoms with Gasteiger partial charge in [-0.15, -0.1) is 12.8 Å². The molecule has 3 aromatic heterocycles. The van der Waals surface area contributed by atoms with Crippen LogP contribution in [0.5, 0.6) is 0 Å². The second kappa shape index (κ2) is 15.7. The predicted molar refractivity (Wildman–Crippen MR) is 117 cm³/mol. The minimum absolute atomic E-state index is 0. The Morgan fingerprint density at radius 1 is 0.867 bits per heavy atom. The molecule has 0 saturated heterocycles. The standard InChI is InChI=1S/C9H9BN6.C6H8O.C3H9P.NO.W/c1-4-11-14(7-1)10(15-8-2-5-12-15)16-9-3-6-13-16;1-5-3-4-6(2)7-5;1-4(2)3;1-2;/h1-9H;3-4H,1-2H3;1-3H3;;/q-1;;;;. The number of allylic oxidation sites excluding steroid dienone is 1. The molecule has 30 heavy (non-hydrogen) atoms. The van der Waals surface area contributed by atoms with Crippen molar-refractivity contribution in [2.75, 3.05) is 20.0 Å². The summed E-state index contributed by atoms with van der Waals surface area (Å²) in [6.07, 6.45) is 15.7. The Labute approximate surface area is 193 Å². The van der Waals surface area contributed by atoms with Crippen LogP contribution in [0.4, 0.5) is 0 Å². The summed E-state index contributed by atoms with van der Waals surface area (Å²) in [5.74, 6) is 0.984. The van der Waals surface area contributed by atoms with E-state index in [1.54, 1.807) is 32.4 Å². The van der Waals surface area contributed by atoms with Gasteiger partial charge in [0.05, 0.1) is 5.76 Å². The molecular weight excluding hydrogens is 572 g/mol. The second-order valence-corrected chi connectivity index (χ2v) is 8.99. The van der Waals surface area contributed by atoms with E-state index < -0.39 is 0 Å². The zero-order chi connectivity index (χ0) is 21.6. The third-order valence-electron chi connectivity index (χ3n) is 3.16. The van der Waals surface area contributed by atoms with E-state index in [1.807, 2.05) is 63.1 Å². The first kappa shape index (κ1) is 28.0. The molecule has 0 unspecified atom stereocenters. The van der Waals surface area contributed by atoms with Crippen molar-refractivity contribution in [2.45, 2.75) is 13.8 Å². The molecule has 9 nitrogen and oxygen atoms in total. The summed E-state index contributed by atoms with van der Waals surface area (Å²) >= 11 is 0. The maximum absolute atomic E-state index is 7.25. The van der Waals surface area contributed by atoms with Crippen LogP contribution in [0.3, 0.4) is 0 Å². The molecule has 0 bridgehead atoms. The van der Waals surface area contributed by atoms with Gasteiger partial charge in [0.1, 0.15) is 5.59 Å². The van der Waals surface area contributed by atoms with Crippen molar-refractivity contribution in [3.63, 3.8) is 0 Å². The minimum atomic E-state index is -0.194. The van der Waals surface area contributed by atoms with Crippen molar-refractivity contribution in [3.05, 3.63) is 84.6 Å². The molecule has 1 aliphatic heterocycles. The molecule has 0 fully saturated rings. The molecule has 4 heterocycles. The van der Waals surface area contributed by atoms with E-state index >= 15 is 0 Å². The number of nitrogens with zero attached hydrogens (tertiary/aromatic N) is 7. The van der Waals surface area contributed by atoms with Gasteiger partial charge >= 0.3 is 0 Å². The number of hydrogen-bond acceptors (Lipinski definition) is 5. The number of nitroso groups, excluding NO2 is 1. The number of hydrogen-bond donors (Lipinski definition) is 0. The smallest absolute Gasteiger partial charge is 0.260 e. The van der Waals surface area contributed by atoms with E-state index in [1.165, 1.54) is 0 Å². The molecule has 0 saturated carbocycles. The maximum atomic E-state index is 7.25. The molecule has 1 aliphatic rings. The van der Waals surface area contributed by atoms with Crippen molar-refractivity contribution in [1.29, 1.82) is 0 Å². The molecule has 3 aromatic rings. The van der Waals surface area contributed by atoms with Crippen molar-refractivity contribution < 1.29 is 25.8 Å². The van der Waals surface area contributed by atoms with Crippen molar-refractivity contribution >= 4 is 15.0 Å². The van der Waals surface area contributed by atoms with E-state index in [4.69, 9.17) is 15.2 Å². The summed E-state index contributed by atoms with van der Waals surface area (Å²) in [7, 11) is 0.185. The fraction of sp³-hybridized carbons (Fsp3) is 0.278. The molecule has 160 valence electrons. The predicted octanol–water partition coefficient (Wildman–Crippen LogP) is 2.79. The van der Waals surface area contributed by atoms with Gasteiger partial charge in [-0.1, -0.05) is 0 Å². The van der Waals surface area contributed by atoms with Crippen LogP contribution in [0.25, 0.3) is 0 Å². The molecule has 0 aromatic carbocycles. The van der Waals surface area contributed by atoms with Crippen LogP contribution >= 0.6 is 7.92 Å². The Balaban J connectivity index is 0.000000505. The Bertz CT molecular complexity index is 715. The van der Waals surface area contributed by atoms with Gasteiger partial charge in [-0.3, -0.25) is 0 Å². The largest absolute Gasteiger partial charge is 0.488 e. The molecule has 0 amide bonds. The molecule has 0 N–H and O–H groups in total. The SMILES string of the molecule is CP(C)C.C[C]1[CH]C=C(C)O1.[N]=O.[W].c1cnn([B-](n2cccn2)n2cccn2)c1. The molecule has 0 spiro atoms. The third-order valence-corrected chi connectivity index (χ3v) is 3.16. The van der Waals surface area contributed by atoms with Gasteiger partial charge < -0.3 is 18.5 Å². The molecule has 12 heteroatoms. The van der Waals surface area contributed by atoms with Gasteiger partial charge in [0, 0.05) is 46.1 Å². The van der Waals surface area contributed by atoms with Gasteiger partial charge in [0.2, 0.25) is 0 Å². The van der Waals surface area contributed by atoms with Crippen molar-refractivity contribution in [2.24, 2.45) is 0 Å². The van der Waals surface area contributed by atoms with E-state index in [2.05, 4.69) is 35.3 Å². The zero-order valence-corrected chi connectivity index (χ0v) is 21.6. The van der Waals surface area contributed by atoms with Crippen LogP contribution < -0.4 is 5.59 Å². The van der Waals surface area contributed by atoms with E-state index in [-0.39, 0.29) is 28.2 Å². The van der Waals surface area contributed by atoms with Gasteiger partial charge in [-0.05, 0) is 76.7 Å². The number of aromatic nitrogens is 6. The maximum Gasteiger partial charge on any atom is 0.260 e. The minimum Gasteiger partial charge on any atom is -0.488 e. The summed E-state index contributed by atoms with van der Waals surface area (Å²) in [6, 6.07) is 5.62. The fourth-order valence-corrected chi connectivity index (χ4v) is 2.17. The van der Waals surface area contributed by atoms with E-state index in [9.17, 15) is 0 Å². The molecule has 0 aliphatic carbocycles. The topological polar surface area (TPSA) is 102 Å². The van der Waals surface area contributed by atoms with Crippen LogP contribution in [0.1, 0.15) is 13.8 Å². The summed E-state index contributed by atoms with van der Waals surface area (Å²) in [5, 5.41) is 12.7. The van der Waals surface area contributed by atoms with Crippen molar-refractivity contribution in [1.82, 2.24) is 34.7 Å². The monoisotopic (exact) mass is 598 g/mol. The summed E-state index contributed by atoms with van der Waals surface area (Å²) in [6.45, 7) is 10.6. The van der Waals surface area contributed by atoms with Gasteiger partial charge in [0.25, 0.3) is 7.12 Å². The van der Waals surface area contributed by atoms with Crippen LogP contribution in [0.2, 0.25) is 0 Å². The molecular formula is C18H26BN7O2PW-. The molecule has 4 rings (SSSR count). The fourth-order valence-electron chi connectivity index (χ4n) is 2.17. The Hall–Kier alpha value is -2.05. The molecule has 0 atom stereocenters. The molecule has 4 radical (unpaired) electrons.